The Kier molecular flexibility index (Phi) is 7.54. The van der Waals surface area contributed by atoms with E-state index in [2.05, 4.69) is 205 Å². The van der Waals surface area contributed by atoms with E-state index in [9.17, 15) is 0 Å². The highest BCUT2D eigenvalue weighted by molar-refractivity contribution is 6.19. The maximum Gasteiger partial charge on any atom is 0.145 e. The van der Waals surface area contributed by atoms with Crippen molar-refractivity contribution in [2.45, 2.75) is 0 Å². The number of fused-ring (bicyclic) bond motifs is 9. The highest BCUT2D eigenvalue weighted by atomic mass is 16.3. The summed E-state index contributed by atoms with van der Waals surface area (Å²) >= 11 is 0. The number of anilines is 3. The van der Waals surface area contributed by atoms with Crippen molar-refractivity contribution < 1.29 is 8.83 Å². The van der Waals surface area contributed by atoms with Crippen LogP contribution in [-0.2, 0) is 0 Å². The Bertz CT molecular complexity index is 3540. The lowest BCUT2D eigenvalue weighted by Gasteiger charge is -2.28. The van der Waals surface area contributed by atoms with Crippen LogP contribution in [0.4, 0.5) is 17.1 Å². The molecule has 10 aromatic carbocycles. The number of nitrogens with zero attached hydrogens (tertiary/aromatic N) is 1. The summed E-state index contributed by atoms with van der Waals surface area (Å²) in [4.78, 5) is 2.41. The summed E-state index contributed by atoms with van der Waals surface area (Å²) in [5.74, 6) is 0. The molecule has 12 rings (SSSR count). The standard InChI is InChI=1S/C56H35NO2/c1-3-14-36(15-4-1)42-21-11-24-47-48-25-12-22-43(55(48)59-54(42)47)39-28-31-40(32-29-39)57(50-26-13-23-45-41-19-8-7-18-38(41)30-33-46(45)50)51-35-34-44(37-16-5-2-6-17-37)56-53(51)49-20-9-10-27-52(49)58-56/h1-35H. The molecule has 59 heavy (non-hydrogen) atoms. The van der Waals surface area contributed by atoms with Crippen LogP contribution in [0.15, 0.2) is 221 Å². The predicted octanol–water partition coefficient (Wildman–Crippen LogP) is 16.3. The molecule has 0 unspecified atom stereocenters. The van der Waals surface area contributed by atoms with Gasteiger partial charge in [-0.3, -0.25) is 0 Å². The molecule has 2 heterocycles. The largest absolute Gasteiger partial charge is 0.455 e. The minimum absolute atomic E-state index is 0.862. The van der Waals surface area contributed by atoms with Crippen LogP contribution in [0.5, 0.6) is 0 Å². The van der Waals surface area contributed by atoms with Crippen molar-refractivity contribution in [3.63, 3.8) is 0 Å². The average molecular weight is 754 g/mol. The van der Waals surface area contributed by atoms with E-state index in [0.717, 1.165) is 94.3 Å². The Morgan fingerprint density at radius 3 is 1.56 bits per heavy atom. The van der Waals surface area contributed by atoms with Crippen molar-refractivity contribution in [1.82, 2.24) is 0 Å². The molecule has 12 aromatic rings. The molecule has 0 fully saturated rings. The number of benzene rings is 10. The van der Waals surface area contributed by atoms with Crippen molar-refractivity contribution in [3.8, 4) is 33.4 Å². The second kappa shape index (κ2) is 13.4. The molecule has 0 aliphatic rings. The van der Waals surface area contributed by atoms with Gasteiger partial charge < -0.3 is 13.7 Å². The monoisotopic (exact) mass is 753 g/mol. The lowest BCUT2D eigenvalue weighted by Crippen LogP contribution is -2.11. The van der Waals surface area contributed by atoms with Gasteiger partial charge in [0.15, 0.2) is 0 Å². The van der Waals surface area contributed by atoms with Crippen LogP contribution < -0.4 is 4.90 Å². The second-order valence-electron chi connectivity index (χ2n) is 15.2. The third-order valence-corrected chi connectivity index (χ3v) is 11.9. The normalized spacial score (nSPS) is 11.7. The molecule has 2 aromatic heterocycles. The Hall–Kier alpha value is -7.88. The number of para-hydroxylation sites is 3. The summed E-state index contributed by atoms with van der Waals surface area (Å²) < 4.78 is 13.6. The highest BCUT2D eigenvalue weighted by Crippen LogP contribution is 2.48. The molecule has 0 aliphatic carbocycles. The van der Waals surface area contributed by atoms with Crippen LogP contribution >= 0.6 is 0 Å². The van der Waals surface area contributed by atoms with Gasteiger partial charge in [-0.2, -0.15) is 0 Å². The van der Waals surface area contributed by atoms with E-state index in [-0.39, 0.29) is 0 Å². The number of hydrogen-bond acceptors (Lipinski definition) is 3. The number of furan rings is 2. The van der Waals surface area contributed by atoms with Crippen LogP contribution in [0.2, 0.25) is 0 Å². The minimum Gasteiger partial charge on any atom is -0.455 e. The molecule has 3 nitrogen and oxygen atoms in total. The molecular weight excluding hydrogens is 719 g/mol. The first-order valence-corrected chi connectivity index (χ1v) is 20.1. The van der Waals surface area contributed by atoms with Crippen LogP contribution in [0.25, 0.3) is 98.8 Å². The average Bonchev–Trinajstić information content (AvgIpc) is 3.90. The Morgan fingerprint density at radius 1 is 0.288 bits per heavy atom. The summed E-state index contributed by atoms with van der Waals surface area (Å²) in [6, 6.07) is 75.5. The van der Waals surface area contributed by atoms with Crippen molar-refractivity contribution >= 4 is 82.5 Å². The van der Waals surface area contributed by atoms with E-state index < -0.39 is 0 Å². The summed E-state index contributed by atoms with van der Waals surface area (Å²) in [6.07, 6.45) is 0. The van der Waals surface area contributed by atoms with Crippen LogP contribution in [0.1, 0.15) is 0 Å². The van der Waals surface area contributed by atoms with E-state index >= 15 is 0 Å². The molecule has 0 saturated carbocycles. The Labute approximate surface area is 340 Å². The van der Waals surface area contributed by atoms with E-state index in [1.807, 2.05) is 12.1 Å². The van der Waals surface area contributed by atoms with E-state index in [1.54, 1.807) is 0 Å². The van der Waals surface area contributed by atoms with E-state index in [0.29, 0.717) is 0 Å². The fraction of sp³-hybridized carbons (Fsp3) is 0. The summed E-state index contributed by atoms with van der Waals surface area (Å²) in [5.41, 5.74) is 13.3. The van der Waals surface area contributed by atoms with Gasteiger partial charge in [0.2, 0.25) is 0 Å². The van der Waals surface area contributed by atoms with Crippen molar-refractivity contribution in [1.29, 1.82) is 0 Å². The number of hydrogen-bond donors (Lipinski definition) is 0. The van der Waals surface area contributed by atoms with Gasteiger partial charge in [-0.25, -0.2) is 0 Å². The molecule has 0 aliphatic heterocycles. The maximum atomic E-state index is 6.83. The molecule has 0 N–H and O–H groups in total. The van der Waals surface area contributed by atoms with Gasteiger partial charge in [0.25, 0.3) is 0 Å². The zero-order chi connectivity index (χ0) is 38.9. The first-order chi connectivity index (χ1) is 29.3. The highest BCUT2D eigenvalue weighted by Gasteiger charge is 2.24. The molecular formula is C56H35NO2. The van der Waals surface area contributed by atoms with Gasteiger partial charge in [-0.15, -0.1) is 0 Å². The third-order valence-electron chi connectivity index (χ3n) is 11.9. The quantitative estimate of drug-likeness (QED) is 0.158. The van der Waals surface area contributed by atoms with Gasteiger partial charge in [0.1, 0.15) is 22.3 Å². The van der Waals surface area contributed by atoms with Crippen LogP contribution in [0, 0.1) is 0 Å². The van der Waals surface area contributed by atoms with Gasteiger partial charge in [0, 0.05) is 43.9 Å². The summed E-state index contributed by atoms with van der Waals surface area (Å²) in [7, 11) is 0. The molecule has 0 spiro atoms. The minimum atomic E-state index is 0.862. The van der Waals surface area contributed by atoms with Gasteiger partial charge in [-0.05, 0) is 69.2 Å². The maximum absolute atomic E-state index is 6.83. The second-order valence-corrected chi connectivity index (χ2v) is 15.2. The fourth-order valence-corrected chi connectivity index (χ4v) is 9.15. The number of rotatable bonds is 6. The Morgan fingerprint density at radius 2 is 0.847 bits per heavy atom. The predicted molar refractivity (Wildman–Crippen MR) is 247 cm³/mol. The summed E-state index contributed by atoms with van der Waals surface area (Å²) in [5, 5.41) is 9.21. The molecule has 276 valence electrons. The zero-order valence-corrected chi connectivity index (χ0v) is 32.0. The van der Waals surface area contributed by atoms with Gasteiger partial charge >= 0.3 is 0 Å². The first-order valence-electron chi connectivity index (χ1n) is 20.1. The van der Waals surface area contributed by atoms with E-state index in [4.69, 9.17) is 8.83 Å². The Balaban J connectivity index is 1.08. The van der Waals surface area contributed by atoms with Crippen molar-refractivity contribution in [2.75, 3.05) is 4.90 Å². The van der Waals surface area contributed by atoms with E-state index in [1.165, 1.54) is 21.5 Å². The summed E-state index contributed by atoms with van der Waals surface area (Å²) in [6.45, 7) is 0. The third kappa shape index (κ3) is 5.29. The first kappa shape index (κ1) is 33.3. The van der Waals surface area contributed by atoms with Crippen LogP contribution in [0.3, 0.4) is 0 Å². The molecule has 0 saturated heterocycles. The molecule has 0 atom stereocenters. The molecule has 3 heteroatoms. The SMILES string of the molecule is c1ccc(-c2cccc3c2oc2c(-c4ccc(N(c5cccc6c5ccc5ccccc56)c5ccc(-c6ccccc6)c6oc7ccccc7c56)cc4)cccc23)cc1. The lowest BCUT2D eigenvalue weighted by molar-refractivity contribution is 0.670. The van der Waals surface area contributed by atoms with Gasteiger partial charge in [0.05, 0.1) is 16.8 Å². The van der Waals surface area contributed by atoms with Crippen LogP contribution in [-0.4, -0.2) is 0 Å². The topological polar surface area (TPSA) is 29.5 Å². The van der Waals surface area contributed by atoms with Crippen molar-refractivity contribution in [3.05, 3.63) is 212 Å². The van der Waals surface area contributed by atoms with Crippen molar-refractivity contribution in [2.24, 2.45) is 0 Å². The molecule has 0 amide bonds. The fourth-order valence-electron chi connectivity index (χ4n) is 9.15. The lowest BCUT2D eigenvalue weighted by atomic mass is 9.97. The zero-order valence-electron chi connectivity index (χ0n) is 32.0. The van der Waals surface area contributed by atoms with Gasteiger partial charge in [-0.1, -0.05) is 176 Å². The molecule has 0 radical (unpaired) electrons. The smallest absolute Gasteiger partial charge is 0.145 e. The molecule has 0 bridgehead atoms.